The van der Waals surface area contributed by atoms with Gasteiger partial charge in [0.1, 0.15) is 0 Å². The molecule has 0 aromatic heterocycles. The van der Waals surface area contributed by atoms with Gasteiger partial charge in [0.15, 0.2) is 17.3 Å². The van der Waals surface area contributed by atoms with Crippen molar-refractivity contribution in [3.8, 4) is 5.75 Å². The molecule has 0 spiro atoms. The molecular weight excluding hydrogens is 233 g/mol. The van der Waals surface area contributed by atoms with E-state index in [0.717, 1.165) is 0 Å². The highest BCUT2D eigenvalue weighted by Gasteiger charge is 2.11. The van der Waals surface area contributed by atoms with Crippen molar-refractivity contribution in [3.63, 3.8) is 0 Å². The SMILES string of the molecule is CC(C)NCC(=O)c1ccc(OC(C)C)c(F)c1. The molecule has 0 bridgehead atoms. The second-order valence-corrected chi connectivity index (χ2v) is 4.77. The third-order valence-corrected chi connectivity index (χ3v) is 2.29. The number of ketones is 1. The molecule has 1 aromatic carbocycles. The van der Waals surface area contributed by atoms with Crippen molar-refractivity contribution in [2.24, 2.45) is 0 Å². The summed E-state index contributed by atoms with van der Waals surface area (Å²) in [4.78, 5) is 11.8. The van der Waals surface area contributed by atoms with Gasteiger partial charge in [0, 0.05) is 11.6 Å². The molecule has 0 amide bonds. The van der Waals surface area contributed by atoms with E-state index in [1.165, 1.54) is 12.1 Å². The van der Waals surface area contributed by atoms with Crippen molar-refractivity contribution in [3.05, 3.63) is 29.6 Å². The lowest BCUT2D eigenvalue weighted by atomic mass is 10.1. The van der Waals surface area contributed by atoms with Gasteiger partial charge >= 0.3 is 0 Å². The Labute approximate surface area is 107 Å². The van der Waals surface area contributed by atoms with Crippen LogP contribution in [0.1, 0.15) is 38.1 Å². The first-order valence-electron chi connectivity index (χ1n) is 6.13. The van der Waals surface area contributed by atoms with Crippen LogP contribution < -0.4 is 10.1 Å². The van der Waals surface area contributed by atoms with Crippen LogP contribution in [0.25, 0.3) is 0 Å². The molecule has 0 radical (unpaired) electrons. The molecular formula is C14H20FNO2. The van der Waals surface area contributed by atoms with Gasteiger partial charge in [0.25, 0.3) is 0 Å². The molecule has 3 nitrogen and oxygen atoms in total. The van der Waals surface area contributed by atoms with Crippen molar-refractivity contribution in [1.29, 1.82) is 0 Å². The third kappa shape index (κ3) is 4.45. The molecule has 0 unspecified atom stereocenters. The fourth-order valence-corrected chi connectivity index (χ4v) is 1.42. The number of nitrogens with one attached hydrogen (secondary N) is 1. The average molecular weight is 253 g/mol. The van der Waals surface area contributed by atoms with Crippen LogP contribution in [0, 0.1) is 5.82 Å². The van der Waals surface area contributed by atoms with E-state index in [1.54, 1.807) is 6.07 Å². The first-order valence-corrected chi connectivity index (χ1v) is 6.13. The highest BCUT2D eigenvalue weighted by Crippen LogP contribution is 2.19. The topological polar surface area (TPSA) is 38.3 Å². The van der Waals surface area contributed by atoms with Crippen LogP contribution >= 0.6 is 0 Å². The zero-order valence-corrected chi connectivity index (χ0v) is 11.3. The lowest BCUT2D eigenvalue weighted by Gasteiger charge is -2.11. The van der Waals surface area contributed by atoms with Gasteiger partial charge in [-0.05, 0) is 32.0 Å². The van der Waals surface area contributed by atoms with Crippen molar-refractivity contribution < 1.29 is 13.9 Å². The van der Waals surface area contributed by atoms with Gasteiger partial charge in [-0.2, -0.15) is 0 Å². The molecule has 0 fully saturated rings. The third-order valence-electron chi connectivity index (χ3n) is 2.29. The summed E-state index contributed by atoms with van der Waals surface area (Å²) >= 11 is 0. The van der Waals surface area contributed by atoms with Gasteiger partial charge in [-0.3, -0.25) is 4.79 Å². The van der Waals surface area contributed by atoms with Gasteiger partial charge in [-0.15, -0.1) is 0 Å². The molecule has 0 saturated heterocycles. The standard InChI is InChI=1S/C14H20FNO2/c1-9(2)16-8-13(17)11-5-6-14(12(15)7-11)18-10(3)4/h5-7,9-10,16H,8H2,1-4H3. The maximum atomic E-state index is 13.7. The van der Waals surface area contributed by atoms with E-state index in [0.29, 0.717) is 5.56 Å². The number of rotatable bonds is 6. The Morgan fingerprint density at radius 2 is 2.00 bits per heavy atom. The summed E-state index contributed by atoms with van der Waals surface area (Å²) in [5.74, 6) is -0.448. The molecule has 1 aromatic rings. The van der Waals surface area contributed by atoms with E-state index in [4.69, 9.17) is 4.74 Å². The highest BCUT2D eigenvalue weighted by atomic mass is 19.1. The zero-order chi connectivity index (χ0) is 13.7. The number of ether oxygens (including phenoxy) is 1. The maximum Gasteiger partial charge on any atom is 0.176 e. The van der Waals surface area contributed by atoms with E-state index in [2.05, 4.69) is 5.32 Å². The first-order chi connectivity index (χ1) is 8.40. The Bertz CT molecular complexity index is 416. The van der Waals surface area contributed by atoms with Crippen molar-refractivity contribution in [2.45, 2.75) is 39.8 Å². The number of Topliss-reactive ketones (excluding diaryl/α,β-unsaturated/α-hetero) is 1. The number of benzene rings is 1. The van der Waals surface area contributed by atoms with E-state index in [9.17, 15) is 9.18 Å². The molecule has 4 heteroatoms. The summed E-state index contributed by atoms with van der Waals surface area (Å²) in [7, 11) is 0. The van der Waals surface area contributed by atoms with Gasteiger partial charge in [0.2, 0.25) is 0 Å². The monoisotopic (exact) mass is 253 g/mol. The summed E-state index contributed by atoms with van der Waals surface area (Å²) in [6.07, 6.45) is -0.0938. The molecule has 0 heterocycles. The van der Waals surface area contributed by atoms with Crippen LogP contribution in [0.15, 0.2) is 18.2 Å². The van der Waals surface area contributed by atoms with Crippen LogP contribution in [-0.2, 0) is 0 Å². The smallest absolute Gasteiger partial charge is 0.176 e. The van der Waals surface area contributed by atoms with Gasteiger partial charge in [-0.1, -0.05) is 13.8 Å². The number of hydrogen-bond acceptors (Lipinski definition) is 3. The first kappa shape index (κ1) is 14.6. The summed E-state index contributed by atoms with van der Waals surface area (Å²) in [5.41, 5.74) is 0.358. The van der Waals surface area contributed by atoms with E-state index >= 15 is 0 Å². The van der Waals surface area contributed by atoms with E-state index in [1.807, 2.05) is 27.7 Å². The fourth-order valence-electron chi connectivity index (χ4n) is 1.42. The van der Waals surface area contributed by atoms with Crippen molar-refractivity contribution in [1.82, 2.24) is 5.32 Å². The summed E-state index contributed by atoms with van der Waals surface area (Å²) < 4.78 is 18.9. The lowest BCUT2D eigenvalue weighted by Crippen LogP contribution is -2.29. The highest BCUT2D eigenvalue weighted by molar-refractivity contribution is 5.97. The Hall–Kier alpha value is -1.42. The predicted molar refractivity (Wildman–Crippen MR) is 69.6 cm³/mol. The lowest BCUT2D eigenvalue weighted by molar-refractivity contribution is 0.0988. The Balaban J connectivity index is 2.74. The molecule has 1 N–H and O–H groups in total. The number of hydrogen-bond donors (Lipinski definition) is 1. The molecule has 100 valence electrons. The summed E-state index contributed by atoms with van der Waals surface area (Å²) in [5, 5.41) is 3.01. The van der Waals surface area contributed by atoms with Crippen molar-refractivity contribution >= 4 is 5.78 Å². The minimum atomic E-state index is -0.501. The quantitative estimate of drug-likeness (QED) is 0.792. The predicted octanol–water partition coefficient (Wildman–Crippen LogP) is 2.79. The van der Waals surface area contributed by atoms with Crippen LogP contribution in [0.4, 0.5) is 4.39 Å². The largest absolute Gasteiger partial charge is 0.488 e. The maximum absolute atomic E-state index is 13.7. The van der Waals surface area contributed by atoms with E-state index in [-0.39, 0.29) is 30.2 Å². The molecule has 18 heavy (non-hydrogen) atoms. The molecule has 0 aliphatic rings. The summed E-state index contributed by atoms with van der Waals surface area (Å²) in [6.45, 7) is 7.76. The minimum Gasteiger partial charge on any atom is -0.488 e. The van der Waals surface area contributed by atoms with Crippen LogP contribution in [0.5, 0.6) is 5.75 Å². The van der Waals surface area contributed by atoms with Crippen LogP contribution in [0.2, 0.25) is 0 Å². The average Bonchev–Trinajstić information content (AvgIpc) is 2.28. The number of carbonyl (C=O) groups excluding carboxylic acids is 1. The molecule has 0 saturated carbocycles. The second kappa shape index (κ2) is 6.50. The van der Waals surface area contributed by atoms with Crippen LogP contribution in [0.3, 0.4) is 0 Å². The van der Waals surface area contributed by atoms with Gasteiger partial charge in [0.05, 0.1) is 12.6 Å². The van der Waals surface area contributed by atoms with Gasteiger partial charge in [-0.25, -0.2) is 4.39 Å². The molecule has 0 aliphatic carbocycles. The Morgan fingerprint density at radius 3 is 2.50 bits per heavy atom. The number of carbonyl (C=O) groups is 1. The zero-order valence-electron chi connectivity index (χ0n) is 11.3. The van der Waals surface area contributed by atoms with Crippen molar-refractivity contribution in [2.75, 3.05) is 6.54 Å². The normalized spacial score (nSPS) is 11.1. The molecule has 0 aliphatic heterocycles. The number of halogens is 1. The Morgan fingerprint density at radius 1 is 1.33 bits per heavy atom. The van der Waals surface area contributed by atoms with Crippen LogP contribution in [-0.4, -0.2) is 24.5 Å². The van der Waals surface area contributed by atoms with Gasteiger partial charge < -0.3 is 10.1 Å². The summed E-state index contributed by atoms with van der Waals surface area (Å²) in [6, 6.07) is 4.54. The van der Waals surface area contributed by atoms with E-state index < -0.39 is 5.82 Å². The molecule has 0 atom stereocenters. The molecule has 1 rings (SSSR count). The minimum absolute atomic E-state index is 0.0938. The second-order valence-electron chi connectivity index (χ2n) is 4.77. The fraction of sp³-hybridized carbons (Fsp3) is 0.500. The Kier molecular flexibility index (Phi) is 5.28.